The quantitative estimate of drug-likeness (QED) is 0.693. The molecule has 2 heterocycles. The van der Waals surface area contributed by atoms with Gasteiger partial charge in [-0.2, -0.15) is 0 Å². The predicted molar refractivity (Wildman–Crippen MR) is 96.3 cm³/mol. The zero-order valence-corrected chi connectivity index (χ0v) is 14.7. The summed E-state index contributed by atoms with van der Waals surface area (Å²) >= 11 is 0. The minimum atomic E-state index is 0.557. The molecule has 3 rings (SSSR count). The first-order valence-electron chi connectivity index (χ1n) is 8.44. The molecular formula is C20H25N3. The van der Waals surface area contributed by atoms with E-state index in [1.54, 1.807) is 0 Å². The van der Waals surface area contributed by atoms with Crippen LogP contribution in [0.15, 0.2) is 30.3 Å². The molecule has 0 fully saturated rings. The lowest BCUT2D eigenvalue weighted by Crippen LogP contribution is -2.06. The summed E-state index contributed by atoms with van der Waals surface area (Å²) in [6, 6.07) is 10.9. The van der Waals surface area contributed by atoms with E-state index >= 15 is 0 Å². The molecule has 3 heteroatoms. The van der Waals surface area contributed by atoms with Crippen LogP contribution >= 0.6 is 0 Å². The molecular weight excluding hydrogens is 282 g/mol. The second kappa shape index (κ2) is 6.15. The van der Waals surface area contributed by atoms with Crippen molar-refractivity contribution >= 4 is 11.2 Å². The van der Waals surface area contributed by atoms with Gasteiger partial charge in [-0.25, -0.2) is 9.97 Å². The Labute approximate surface area is 138 Å². The summed E-state index contributed by atoms with van der Waals surface area (Å²) in [6.07, 6.45) is 2.00. The molecule has 0 spiro atoms. The lowest BCUT2D eigenvalue weighted by molar-refractivity contribution is 0.616. The molecule has 3 aromatic rings. The van der Waals surface area contributed by atoms with Crippen molar-refractivity contribution in [2.75, 3.05) is 0 Å². The number of nitrogens with zero attached hydrogens (tertiary/aromatic N) is 3. The van der Waals surface area contributed by atoms with Crippen molar-refractivity contribution in [3.05, 3.63) is 53.0 Å². The molecule has 0 aliphatic rings. The molecule has 0 aliphatic carbocycles. The van der Waals surface area contributed by atoms with E-state index in [4.69, 9.17) is 9.97 Å². The molecule has 0 unspecified atom stereocenters. The SMILES string of the molecule is CCc1ccc(-n2c(CC(C)C)nc3c(C)cc(C)nc32)cc1. The fourth-order valence-corrected chi connectivity index (χ4v) is 3.06. The lowest BCUT2D eigenvalue weighted by atomic mass is 10.1. The second-order valence-corrected chi connectivity index (χ2v) is 6.73. The van der Waals surface area contributed by atoms with Gasteiger partial charge in [-0.1, -0.05) is 32.9 Å². The van der Waals surface area contributed by atoms with Crippen LogP contribution in [-0.4, -0.2) is 14.5 Å². The molecule has 0 saturated carbocycles. The van der Waals surface area contributed by atoms with Gasteiger partial charge in [0, 0.05) is 17.8 Å². The minimum Gasteiger partial charge on any atom is -0.281 e. The van der Waals surface area contributed by atoms with Gasteiger partial charge in [0.05, 0.1) is 0 Å². The molecule has 0 radical (unpaired) electrons. The zero-order chi connectivity index (χ0) is 16.6. The molecule has 0 amide bonds. The third kappa shape index (κ3) is 3.00. The Bertz CT molecular complexity index is 826. The highest BCUT2D eigenvalue weighted by molar-refractivity contribution is 5.78. The number of aryl methyl sites for hydroxylation is 3. The van der Waals surface area contributed by atoms with Crippen molar-refractivity contribution in [1.82, 2.24) is 14.5 Å². The minimum absolute atomic E-state index is 0.557. The third-order valence-corrected chi connectivity index (χ3v) is 4.20. The summed E-state index contributed by atoms with van der Waals surface area (Å²) in [5.74, 6) is 1.65. The summed E-state index contributed by atoms with van der Waals surface area (Å²) in [4.78, 5) is 9.70. The van der Waals surface area contributed by atoms with E-state index in [0.29, 0.717) is 5.92 Å². The van der Waals surface area contributed by atoms with Gasteiger partial charge in [0.1, 0.15) is 11.3 Å². The number of fused-ring (bicyclic) bond motifs is 1. The van der Waals surface area contributed by atoms with Crippen molar-refractivity contribution in [2.45, 2.75) is 47.5 Å². The molecule has 0 bridgehead atoms. The average Bonchev–Trinajstić information content (AvgIpc) is 2.85. The Morgan fingerprint density at radius 3 is 2.35 bits per heavy atom. The maximum Gasteiger partial charge on any atom is 0.165 e. The summed E-state index contributed by atoms with van der Waals surface area (Å²) in [5.41, 5.74) is 6.73. The smallest absolute Gasteiger partial charge is 0.165 e. The van der Waals surface area contributed by atoms with E-state index in [-0.39, 0.29) is 0 Å². The van der Waals surface area contributed by atoms with Crippen LogP contribution in [0.25, 0.3) is 16.9 Å². The van der Waals surface area contributed by atoms with Crippen LogP contribution in [0.2, 0.25) is 0 Å². The Kier molecular flexibility index (Phi) is 4.20. The third-order valence-electron chi connectivity index (χ3n) is 4.20. The fourth-order valence-electron chi connectivity index (χ4n) is 3.06. The van der Waals surface area contributed by atoms with Gasteiger partial charge in [-0.05, 0) is 55.5 Å². The van der Waals surface area contributed by atoms with Gasteiger partial charge in [0.25, 0.3) is 0 Å². The van der Waals surface area contributed by atoms with Crippen LogP contribution in [0, 0.1) is 19.8 Å². The Hall–Kier alpha value is -2.16. The number of pyridine rings is 1. The first-order valence-corrected chi connectivity index (χ1v) is 8.44. The number of hydrogen-bond donors (Lipinski definition) is 0. The van der Waals surface area contributed by atoms with E-state index < -0.39 is 0 Å². The van der Waals surface area contributed by atoms with Crippen molar-refractivity contribution in [3.8, 4) is 5.69 Å². The normalized spacial score (nSPS) is 11.6. The molecule has 0 saturated heterocycles. The highest BCUT2D eigenvalue weighted by Crippen LogP contribution is 2.25. The van der Waals surface area contributed by atoms with Gasteiger partial charge >= 0.3 is 0 Å². The van der Waals surface area contributed by atoms with Crippen LogP contribution in [0.5, 0.6) is 0 Å². The monoisotopic (exact) mass is 307 g/mol. The zero-order valence-electron chi connectivity index (χ0n) is 14.7. The number of hydrogen-bond acceptors (Lipinski definition) is 2. The van der Waals surface area contributed by atoms with Crippen LogP contribution in [0.1, 0.15) is 43.4 Å². The first kappa shape index (κ1) is 15.7. The van der Waals surface area contributed by atoms with E-state index in [0.717, 1.165) is 41.2 Å². The van der Waals surface area contributed by atoms with Gasteiger partial charge in [0.15, 0.2) is 5.65 Å². The van der Waals surface area contributed by atoms with Gasteiger partial charge in [-0.3, -0.25) is 4.57 Å². The molecule has 0 N–H and O–H groups in total. The maximum absolute atomic E-state index is 4.91. The van der Waals surface area contributed by atoms with Crippen molar-refractivity contribution in [3.63, 3.8) is 0 Å². The molecule has 23 heavy (non-hydrogen) atoms. The summed E-state index contributed by atoms with van der Waals surface area (Å²) < 4.78 is 2.23. The van der Waals surface area contributed by atoms with E-state index in [9.17, 15) is 0 Å². The van der Waals surface area contributed by atoms with Gasteiger partial charge < -0.3 is 0 Å². The van der Waals surface area contributed by atoms with Crippen molar-refractivity contribution in [2.24, 2.45) is 5.92 Å². The van der Waals surface area contributed by atoms with Gasteiger partial charge in [0.2, 0.25) is 0 Å². The molecule has 0 atom stereocenters. The number of aromatic nitrogens is 3. The number of rotatable bonds is 4. The standard InChI is InChI=1S/C20H25N3/c1-6-16-7-9-17(10-8-16)23-18(11-13(2)3)22-19-14(4)12-15(5)21-20(19)23/h7-10,12-13H,6,11H2,1-5H3. The molecule has 2 aromatic heterocycles. The van der Waals surface area contributed by atoms with Crippen LogP contribution < -0.4 is 0 Å². The van der Waals surface area contributed by atoms with Crippen molar-refractivity contribution in [1.29, 1.82) is 0 Å². The van der Waals surface area contributed by atoms with Crippen LogP contribution in [0.4, 0.5) is 0 Å². The largest absolute Gasteiger partial charge is 0.281 e. The first-order chi connectivity index (χ1) is 11.0. The van der Waals surface area contributed by atoms with E-state index in [1.165, 1.54) is 11.1 Å². The topological polar surface area (TPSA) is 30.7 Å². The summed E-state index contributed by atoms with van der Waals surface area (Å²) in [5, 5.41) is 0. The van der Waals surface area contributed by atoms with E-state index in [1.807, 2.05) is 6.92 Å². The predicted octanol–water partition coefficient (Wildman–Crippen LogP) is 4.80. The summed E-state index contributed by atoms with van der Waals surface area (Å²) in [7, 11) is 0. The highest BCUT2D eigenvalue weighted by atomic mass is 15.1. The van der Waals surface area contributed by atoms with Crippen molar-refractivity contribution < 1.29 is 0 Å². The Morgan fingerprint density at radius 2 is 1.74 bits per heavy atom. The Morgan fingerprint density at radius 1 is 1.04 bits per heavy atom. The van der Waals surface area contributed by atoms with Crippen LogP contribution in [0.3, 0.4) is 0 Å². The maximum atomic E-state index is 4.91. The molecule has 1 aromatic carbocycles. The molecule has 120 valence electrons. The molecule has 3 nitrogen and oxygen atoms in total. The average molecular weight is 307 g/mol. The fraction of sp³-hybridized carbons (Fsp3) is 0.400. The number of imidazole rings is 1. The number of benzene rings is 1. The Balaban J connectivity index is 2.26. The van der Waals surface area contributed by atoms with E-state index in [2.05, 4.69) is 62.6 Å². The molecule has 0 aliphatic heterocycles. The highest BCUT2D eigenvalue weighted by Gasteiger charge is 2.16. The van der Waals surface area contributed by atoms with Crippen LogP contribution in [-0.2, 0) is 12.8 Å². The lowest BCUT2D eigenvalue weighted by Gasteiger charge is -2.11. The summed E-state index contributed by atoms with van der Waals surface area (Å²) in [6.45, 7) is 10.8. The van der Waals surface area contributed by atoms with Gasteiger partial charge in [-0.15, -0.1) is 0 Å². The second-order valence-electron chi connectivity index (χ2n) is 6.73.